The van der Waals surface area contributed by atoms with Crippen LogP contribution in [0.3, 0.4) is 0 Å². The molecule has 1 aromatic rings. The Kier molecular flexibility index (Phi) is 5.17. The molecule has 2 rings (SSSR count). The molecule has 0 spiro atoms. The van der Waals surface area contributed by atoms with Gasteiger partial charge in [-0.2, -0.15) is 0 Å². The topological polar surface area (TPSA) is 44.5 Å². The summed E-state index contributed by atoms with van der Waals surface area (Å²) in [7, 11) is 0. The van der Waals surface area contributed by atoms with E-state index in [1.807, 2.05) is 6.92 Å². The summed E-state index contributed by atoms with van der Waals surface area (Å²) in [5.74, 6) is 0. The van der Waals surface area contributed by atoms with Crippen molar-refractivity contribution in [1.29, 1.82) is 0 Å². The molecule has 2 N–H and O–H groups in total. The molecule has 18 heavy (non-hydrogen) atoms. The number of hydrogen-bond donors (Lipinski definition) is 1. The van der Waals surface area contributed by atoms with Crippen LogP contribution in [-0.4, -0.2) is 25.9 Å². The second-order valence-corrected chi connectivity index (χ2v) is 4.73. The lowest BCUT2D eigenvalue weighted by atomic mass is 9.89. The lowest BCUT2D eigenvalue weighted by molar-refractivity contribution is -0.0427. The molecule has 1 aromatic carbocycles. The van der Waals surface area contributed by atoms with Crippen LogP contribution in [0.1, 0.15) is 37.0 Å². The number of ether oxygens (including phenoxy) is 2. The molecule has 1 aliphatic carbocycles. The average molecular weight is 249 g/mol. The zero-order valence-electron chi connectivity index (χ0n) is 11.1. The van der Waals surface area contributed by atoms with Gasteiger partial charge in [0.15, 0.2) is 0 Å². The number of rotatable bonds is 6. The monoisotopic (exact) mass is 249 g/mol. The molecule has 0 bridgehead atoms. The SMILES string of the molecule is CCOC(CN)COC1CCCc2ccccc21. The second-order valence-electron chi connectivity index (χ2n) is 4.73. The zero-order valence-corrected chi connectivity index (χ0v) is 11.1. The van der Waals surface area contributed by atoms with Crippen molar-refractivity contribution < 1.29 is 9.47 Å². The van der Waals surface area contributed by atoms with Crippen molar-refractivity contribution in [3.05, 3.63) is 35.4 Å². The Morgan fingerprint density at radius 2 is 2.22 bits per heavy atom. The van der Waals surface area contributed by atoms with Crippen LogP contribution < -0.4 is 5.73 Å². The normalized spacial score (nSPS) is 20.4. The van der Waals surface area contributed by atoms with E-state index in [1.165, 1.54) is 24.0 Å². The molecule has 2 unspecified atom stereocenters. The Balaban J connectivity index is 1.94. The van der Waals surface area contributed by atoms with Crippen LogP contribution in [0, 0.1) is 0 Å². The number of nitrogens with two attached hydrogens (primary N) is 1. The van der Waals surface area contributed by atoms with Crippen LogP contribution in [0.5, 0.6) is 0 Å². The molecule has 0 heterocycles. The number of hydrogen-bond acceptors (Lipinski definition) is 3. The maximum absolute atomic E-state index is 6.01. The quantitative estimate of drug-likeness (QED) is 0.842. The molecule has 3 nitrogen and oxygen atoms in total. The Morgan fingerprint density at radius 3 is 3.00 bits per heavy atom. The lowest BCUT2D eigenvalue weighted by Gasteiger charge is -2.27. The number of benzene rings is 1. The van der Waals surface area contributed by atoms with E-state index in [-0.39, 0.29) is 12.2 Å². The van der Waals surface area contributed by atoms with Gasteiger partial charge in [0.25, 0.3) is 0 Å². The minimum absolute atomic E-state index is 0.0177. The minimum atomic E-state index is 0.0177. The maximum atomic E-state index is 6.01. The van der Waals surface area contributed by atoms with Crippen molar-refractivity contribution in [3.63, 3.8) is 0 Å². The van der Waals surface area contributed by atoms with E-state index in [4.69, 9.17) is 15.2 Å². The second kappa shape index (κ2) is 6.88. The molecule has 0 saturated heterocycles. The van der Waals surface area contributed by atoms with Crippen molar-refractivity contribution in [2.45, 2.75) is 38.4 Å². The summed E-state index contributed by atoms with van der Waals surface area (Å²) in [6.07, 6.45) is 3.69. The third kappa shape index (κ3) is 3.31. The van der Waals surface area contributed by atoms with Crippen molar-refractivity contribution >= 4 is 0 Å². The summed E-state index contributed by atoms with van der Waals surface area (Å²) in [4.78, 5) is 0. The fourth-order valence-corrected chi connectivity index (χ4v) is 2.53. The predicted molar refractivity (Wildman–Crippen MR) is 72.5 cm³/mol. The van der Waals surface area contributed by atoms with Crippen LogP contribution in [0.2, 0.25) is 0 Å². The highest BCUT2D eigenvalue weighted by molar-refractivity contribution is 5.31. The fourth-order valence-electron chi connectivity index (χ4n) is 2.53. The molecule has 0 aliphatic heterocycles. The third-order valence-corrected chi connectivity index (χ3v) is 3.46. The van der Waals surface area contributed by atoms with Gasteiger partial charge >= 0.3 is 0 Å². The summed E-state index contributed by atoms with van der Waals surface area (Å²) in [5.41, 5.74) is 8.43. The largest absolute Gasteiger partial charge is 0.375 e. The molecular weight excluding hydrogens is 226 g/mol. The molecule has 2 atom stereocenters. The van der Waals surface area contributed by atoms with Gasteiger partial charge in [-0.15, -0.1) is 0 Å². The van der Waals surface area contributed by atoms with E-state index < -0.39 is 0 Å². The van der Waals surface area contributed by atoms with E-state index >= 15 is 0 Å². The Hall–Kier alpha value is -0.900. The summed E-state index contributed by atoms with van der Waals surface area (Å²) < 4.78 is 11.5. The van der Waals surface area contributed by atoms with Gasteiger partial charge in [-0.3, -0.25) is 0 Å². The van der Waals surface area contributed by atoms with E-state index in [1.54, 1.807) is 0 Å². The Labute approximate surface area is 109 Å². The highest BCUT2D eigenvalue weighted by Gasteiger charge is 2.21. The van der Waals surface area contributed by atoms with Gasteiger partial charge in [-0.05, 0) is 37.3 Å². The third-order valence-electron chi connectivity index (χ3n) is 3.46. The van der Waals surface area contributed by atoms with Gasteiger partial charge in [0.2, 0.25) is 0 Å². The molecule has 3 heteroatoms. The minimum Gasteiger partial charge on any atom is -0.375 e. The molecule has 0 radical (unpaired) electrons. The van der Waals surface area contributed by atoms with Gasteiger partial charge in [-0.1, -0.05) is 24.3 Å². The molecular formula is C15H23NO2. The highest BCUT2D eigenvalue weighted by Crippen LogP contribution is 2.32. The zero-order chi connectivity index (χ0) is 12.8. The first-order valence-electron chi connectivity index (χ1n) is 6.86. The first-order valence-corrected chi connectivity index (χ1v) is 6.86. The van der Waals surface area contributed by atoms with E-state index in [0.717, 1.165) is 6.42 Å². The molecule has 0 aromatic heterocycles. The van der Waals surface area contributed by atoms with E-state index in [0.29, 0.717) is 19.8 Å². The summed E-state index contributed by atoms with van der Waals surface area (Å²) >= 11 is 0. The maximum Gasteiger partial charge on any atom is 0.0930 e. The van der Waals surface area contributed by atoms with E-state index in [9.17, 15) is 0 Å². The number of fused-ring (bicyclic) bond motifs is 1. The van der Waals surface area contributed by atoms with Crippen molar-refractivity contribution in [2.75, 3.05) is 19.8 Å². The number of aryl methyl sites for hydroxylation is 1. The first kappa shape index (κ1) is 13.5. The Bertz CT molecular complexity index is 367. The lowest BCUT2D eigenvalue weighted by Crippen LogP contribution is -2.30. The molecule has 0 amide bonds. The van der Waals surface area contributed by atoms with Crippen LogP contribution >= 0.6 is 0 Å². The smallest absolute Gasteiger partial charge is 0.0930 e. The molecule has 0 fully saturated rings. The van der Waals surface area contributed by atoms with Crippen molar-refractivity contribution in [3.8, 4) is 0 Å². The van der Waals surface area contributed by atoms with E-state index in [2.05, 4.69) is 24.3 Å². The average Bonchev–Trinajstić information content (AvgIpc) is 2.43. The van der Waals surface area contributed by atoms with Gasteiger partial charge in [0.1, 0.15) is 0 Å². The van der Waals surface area contributed by atoms with Crippen LogP contribution in [0.15, 0.2) is 24.3 Å². The van der Waals surface area contributed by atoms with Gasteiger partial charge in [0, 0.05) is 13.2 Å². The standard InChI is InChI=1S/C15H23NO2/c1-2-17-13(10-16)11-18-15-9-5-7-12-6-3-4-8-14(12)15/h3-4,6,8,13,15H,2,5,7,9-11,16H2,1H3. The van der Waals surface area contributed by atoms with Gasteiger partial charge < -0.3 is 15.2 Å². The van der Waals surface area contributed by atoms with Crippen LogP contribution in [-0.2, 0) is 15.9 Å². The van der Waals surface area contributed by atoms with Crippen LogP contribution in [0.25, 0.3) is 0 Å². The molecule has 100 valence electrons. The van der Waals surface area contributed by atoms with Gasteiger partial charge in [0.05, 0.1) is 18.8 Å². The van der Waals surface area contributed by atoms with Gasteiger partial charge in [-0.25, -0.2) is 0 Å². The summed E-state index contributed by atoms with van der Waals surface area (Å²) in [6, 6.07) is 8.57. The summed E-state index contributed by atoms with van der Waals surface area (Å²) in [5, 5.41) is 0. The van der Waals surface area contributed by atoms with Crippen LogP contribution in [0.4, 0.5) is 0 Å². The summed E-state index contributed by atoms with van der Waals surface area (Å²) in [6.45, 7) is 3.77. The fraction of sp³-hybridized carbons (Fsp3) is 0.600. The molecule has 0 saturated carbocycles. The predicted octanol–water partition coefficient (Wildman–Crippen LogP) is 2.44. The first-order chi connectivity index (χ1) is 8.85. The highest BCUT2D eigenvalue weighted by atomic mass is 16.5. The Morgan fingerprint density at radius 1 is 1.39 bits per heavy atom. The van der Waals surface area contributed by atoms with Crippen molar-refractivity contribution in [2.24, 2.45) is 5.73 Å². The molecule has 1 aliphatic rings. The van der Waals surface area contributed by atoms with Crippen molar-refractivity contribution in [1.82, 2.24) is 0 Å².